The van der Waals surface area contributed by atoms with Gasteiger partial charge in [-0.2, -0.15) is 0 Å². The van der Waals surface area contributed by atoms with Crippen LogP contribution in [0.4, 0.5) is 11.5 Å². The molecule has 0 atom stereocenters. The minimum Gasteiger partial charge on any atom is -0.397 e. The third kappa shape index (κ3) is 3.58. The molecule has 1 aliphatic heterocycles. The van der Waals surface area contributed by atoms with E-state index in [1.165, 1.54) is 50.3 Å². The molecule has 1 aromatic heterocycles. The van der Waals surface area contributed by atoms with Crippen molar-refractivity contribution in [2.24, 2.45) is 5.41 Å². The van der Waals surface area contributed by atoms with E-state index in [0.717, 1.165) is 28.8 Å². The molecule has 1 saturated carbocycles. The number of rotatable bonds is 3. The highest BCUT2D eigenvalue weighted by Gasteiger charge is 2.37. The fourth-order valence-electron chi connectivity index (χ4n) is 4.08. The van der Waals surface area contributed by atoms with Crippen molar-refractivity contribution in [3.05, 3.63) is 35.6 Å². The molecule has 1 spiro atoms. The summed E-state index contributed by atoms with van der Waals surface area (Å²) in [5, 5.41) is 1.41. The topological polar surface area (TPSA) is 55.0 Å². The molecule has 2 N–H and O–H groups in total. The monoisotopic (exact) mass is 374 g/mol. The molecule has 4 rings (SSSR count). The van der Waals surface area contributed by atoms with Crippen LogP contribution < -0.4 is 10.6 Å². The fourth-order valence-corrected chi connectivity index (χ4v) is 5.11. The molecular weight excluding hydrogens is 352 g/mol. The zero-order valence-corrected chi connectivity index (χ0v) is 15.8. The average molecular weight is 375 g/mol. The van der Waals surface area contributed by atoms with Crippen molar-refractivity contribution in [1.29, 1.82) is 0 Å². The Morgan fingerprint density at radius 2 is 1.80 bits per heavy atom. The molecule has 0 unspecified atom stereocenters. The Hall–Kier alpha value is -1.46. The van der Waals surface area contributed by atoms with Gasteiger partial charge in [-0.15, -0.1) is 0 Å². The molecule has 2 aromatic rings. The number of hydrogen-bond donors (Lipinski definition) is 1. The first-order chi connectivity index (χ1) is 12.2. The molecule has 0 bridgehead atoms. The highest BCUT2D eigenvalue weighted by atomic mass is 35.5. The normalized spacial score (nSPS) is 19.5. The second-order valence-electron chi connectivity index (χ2n) is 7.17. The molecule has 2 heterocycles. The molecule has 25 heavy (non-hydrogen) atoms. The molecule has 2 fully saturated rings. The van der Waals surface area contributed by atoms with Crippen molar-refractivity contribution >= 4 is 34.9 Å². The summed E-state index contributed by atoms with van der Waals surface area (Å²) in [5.41, 5.74) is 7.07. The standard InChI is InChI=1S/C19H23ClN4S/c20-18-14(21)4-3-5-15(18)25-17-13-22-16(12-23-17)24-10-8-19(9-11-24)6-1-2-7-19/h3-5,12-13H,1-2,6-11,21H2. The summed E-state index contributed by atoms with van der Waals surface area (Å²) in [4.78, 5) is 12.5. The van der Waals surface area contributed by atoms with Gasteiger partial charge in [-0.1, -0.05) is 42.3 Å². The summed E-state index contributed by atoms with van der Waals surface area (Å²) in [6.45, 7) is 2.20. The zero-order chi connectivity index (χ0) is 17.3. The molecule has 1 aliphatic carbocycles. The Morgan fingerprint density at radius 3 is 2.48 bits per heavy atom. The number of aromatic nitrogens is 2. The predicted molar refractivity (Wildman–Crippen MR) is 104 cm³/mol. The number of nitrogen functional groups attached to an aromatic ring is 1. The second-order valence-corrected chi connectivity index (χ2v) is 8.61. The van der Waals surface area contributed by atoms with Gasteiger partial charge in [0, 0.05) is 18.0 Å². The maximum Gasteiger partial charge on any atom is 0.147 e. The first kappa shape index (κ1) is 17.0. The molecule has 0 amide bonds. The second kappa shape index (κ2) is 7.04. The molecule has 6 heteroatoms. The van der Waals surface area contributed by atoms with Crippen LogP contribution in [0.5, 0.6) is 0 Å². The highest BCUT2D eigenvalue weighted by molar-refractivity contribution is 7.99. The first-order valence-electron chi connectivity index (χ1n) is 8.94. The molecule has 1 aromatic carbocycles. The van der Waals surface area contributed by atoms with Crippen LogP contribution in [-0.4, -0.2) is 23.1 Å². The quantitative estimate of drug-likeness (QED) is 0.764. The summed E-state index contributed by atoms with van der Waals surface area (Å²) in [6, 6.07) is 5.65. The summed E-state index contributed by atoms with van der Waals surface area (Å²) in [7, 11) is 0. The lowest BCUT2D eigenvalue weighted by atomic mass is 9.77. The van der Waals surface area contributed by atoms with Gasteiger partial charge in [0.25, 0.3) is 0 Å². The van der Waals surface area contributed by atoms with Crippen LogP contribution in [0.15, 0.2) is 40.5 Å². The van der Waals surface area contributed by atoms with Crippen LogP contribution in [0.2, 0.25) is 5.02 Å². The molecule has 2 aliphatic rings. The Bertz CT molecular complexity index is 734. The van der Waals surface area contributed by atoms with E-state index in [-0.39, 0.29) is 0 Å². The minimum atomic E-state index is 0.580. The van der Waals surface area contributed by atoms with Gasteiger partial charge in [-0.3, -0.25) is 0 Å². The molecular formula is C19H23ClN4S. The van der Waals surface area contributed by atoms with Crippen molar-refractivity contribution < 1.29 is 0 Å². The summed E-state index contributed by atoms with van der Waals surface area (Å²) in [5.74, 6) is 0.982. The molecule has 4 nitrogen and oxygen atoms in total. The third-order valence-electron chi connectivity index (χ3n) is 5.63. The lowest BCUT2D eigenvalue weighted by Crippen LogP contribution is -2.39. The maximum atomic E-state index is 6.25. The number of halogens is 1. The van der Waals surface area contributed by atoms with Crippen LogP contribution in [0.3, 0.4) is 0 Å². The molecule has 1 saturated heterocycles. The number of nitrogens with zero attached hydrogens (tertiary/aromatic N) is 3. The number of nitrogens with two attached hydrogens (primary N) is 1. The van der Waals surface area contributed by atoms with Gasteiger partial charge in [-0.05, 0) is 43.2 Å². The largest absolute Gasteiger partial charge is 0.397 e. The predicted octanol–water partition coefficient (Wildman–Crippen LogP) is 5.02. The van der Waals surface area contributed by atoms with Crippen molar-refractivity contribution in [3.8, 4) is 0 Å². The number of anilines is 2. The Balaban J connectivity index is 1.41. The zero-order valence-electron chi connectivity index (χ0n) is 14.2. The van der Waals surface area contributed by atoms with E-state index in [0.29, 0.717) is 16.1 Å². The Labute approximate surface area is 158 Å². The van der Waals surface area contributed by atoms with Crippen molar-refractivity contribution in [1.82, 2.24) is 9.97 Å². The van der Waals surface area contributed by atoms with E-state index in [4.69, 9.17) is 17.3 Å². The average Bonchev–Trinajstić information content (AvgIpc) is 3.09. The minimum absolute atomic E-state index is 0.580. The van der Waals surface area contributed by atoms with Crippen LogP contribution >= 0.6 is 23.4 Å². The lowest BCUT2D eigenvalue weighted by molar-refractivity contribution is 0.226. The van der Waals surface area contributed by atoms with Gasteiger partial charge in [0.1, 0.15) is 10.8 Å². The Kier molecular flexibility index (Phi) is 4.78. The lowest BCUT2D eigenvalue weighted by Gasteiger charge is -2.39. The number of piperidine rings is 1. The SMILES string of the molecule is Nc1cccc(Sc2cnc(N3CCC4(CCCC4)CC3)cn2)c1Cl. The Morgan fingerprint density at radius 1 is 1.04 bits per heavy atom. The van der Waals surface area contributed by atoms with Crippen LogP contribution in [-0.2, 0) is 0 Å². The molecule has 132 valence electrons. The smallest absolute Gasteiger partial charge is 0.147 e. The van der Waals surface area contributed by atoms with Gasteiger partial charge in [0.2, 0.25) is 0 Å². The van der Waals surface area contributed by atoms with Gasteiger partial charge in [0.15, 0.2) is 0 Å². The van der Waals surface area contributed by atoms with Gasteiger partial charge in [0.05, 0.1) is 23.1 Å². The maximum absolute atomic E-state index is 6.25. The first-order valence-corrected chi connectivity index (χ1v) is 10.1. The van der Waals surface area contributed by atoms with E-state index in [1.807, 2.05) is 24.5 Å². The van der Waals surface area contributed by atoms with Crippen molar-refractivity contribution in [3.63, 3.8) is 0 Å². The van der Waals surface area contributed by atoms with E-state index < -0.39 is 0 Å². The van der Waals surface area contributed by atoms with E-state index in [1.54, 1.807) is 6.07 Å². The summed E-state index contributed by atoms with van der Waals surface area (Å²) >= 11 is 7.75. The van der Waals surface area contributed by atoms with E-state index >= 15 is 0 Å². The van der Waals surface area contributed by atoms with E-state index in [9.17, 15) is 0 Å². The van der Waals surface area contributed by atoms with Gasteiger partial charge < -0.3 is 10.6 Å². The van der Waals surface area contributed by atoms with E-state index in [2.05, 4.69) is 14.9 Å². The number of hydrogen-bond acceptors (Lipinski definition) is 5. The summed E-state index contributed by atoms with van der Waals surface area (Å²) in [6.07, 6.45) is 12.0. The van der Waals surface area contributed by atoms with Gasteiger partial charge >= 0.3 is 0 Å². The summed E-state index contributed by atoms with van der Waals surface area (Å²) < 4.78 is 0. The van der Waals surface area contributed by atoms with Crippen LogP contribution in [0, 0.1) is 5.41 Å². The van der Waals surface area contributed by atoms with Crippen molar-refractivity contribution in [2.75, 3.05) is 23.7 Å². The van der Waals surface area contributed by atoms with Crippen LogP contribution in [0.1, 0.15) is 38.5 Å². The highest BCUT2D eigenvalue weighted by Crippen LogP contribution is 2.46. The number of benzene rings is 1. The third-order valence-corrected chi connectivity index (χ3v) is 7.15. The molecule has 0 radical (unpaired) electrons. The van der Waals surface area contributed by atoms with Crippen LogP contribution in [0.25, 0.3) is 0 Å². The van der Waals surface area contributed by atoms with Crippen molar-refractivity contribution in [2.45, 2.75) is 48.4 Å². The van der Waals surface area contributed by atoms with Gasteiger partial charge in [-0.25, -0.2) is 9.97 Å². The fraction of sp³-hybridized carbons (Fsp3) is 0.474.